The van der Waals surface area contributed by atoms with Gasteiger partial charge in [0.15, 0.2) is 0 Å². The molecule has 0 aliphatic rings. The lowest BCUT2D eigenvalue weighted by Crippen LogP contribution is -2.06. The van der Waals surface area contributed by atoms with Crippen molar-refractivity contribution in [2.24, 2.45) is 0 Å². The Morgan fingerprint density at radius 2 is 2.09 bits per heavy atom. The van der Waals surface area contributed by atoms with Crippen molar-refractivity contribution in [1.82, 2.24) is 4.98 Å². The van der Waals surface area contributed by atoms with Crippen LogP contribution >= 0.6 is 15.9 Å². The smallest absolute Gasteiger partial charge is 0.339 e. The molecule has 0 saturated heterocycles. The van der Waals surface area contributed by atoms with Crippen molar-refractivity contribution < 1.29 is 19.4 Å². The Kier molecular flexibility index (Phi) is 5.55. The zero-order valence-electron chi connectivity index (χ0n) is 11.8. The summed E-state index contributed by atoms with van der Waals surface area (Å²) in [7, 11) is 1.41. The number of carbonyl (C=O) groups is 1. The summed E-state index contributed by atoms with van der Waals surface area (Å²) < 4.78 is 11.3. The molecule has 0 fully saturated rings. The van der Waals surface area contributed by atoms with E-state index < -0.39 is 5.97 Å². The number of methoxy groups -OCH3 is 1. The molecule has 0 saturated carbocycles. The van der Waals surface area contributed by atoms with Crippen molar-refractivity contribution in [2.75, 3.05) is 7.11 Å². The number of hydrogen-bond acceptors (Lipinski definition) is 4. The molecule has 1 aromatic carbocycles. The van der Waals surface area contributed by atoms with Crippen LogP contribution in [0.15, 0.2) is 53.3 Å². The Hall–Kier alpha value is -2.34. The number of aromatic nitrogens is 1. The Bertz CT molecular complexity index is 683. The predicted molar refractivity (Wildman–Crippen MR) is 85.3 cm³/mol. The first-order valence-electron chi connectivity index (χ1n) is 6.40. The van der Waals surface area contributed by atoms with Gasteiger partial charge in [-0.05, 0) is 33.1 Å². The van der Waals surface area contributed by atoms with Gasteiger partial charge in [0, 0.05) is 16.7 Å². The number of hydrogen-bond donors (Lipinski definition) is 1. The topological polar surface area (TPSA) is 68.7 Å². The van der Waals surface area contributed by atoms with Gasteiger partial charge in [0.05, 0.1) is 13.4 Å². The number of aliphatic carboxylic acids is 1. The van der Waals surface area contributed by atoms with Gasteiger partial charge in [-0.1, -0.05) is 24.3 Å². The summed E-state index contributed by atoms with van der Waals surface area (Å²) in [6.45, 7) is 0.207. The standard InChI is InChI=1S/C16H14BrNO4/c1-21-10-14(16(19)20)13-5-3-2-4-11(13)9-22-15-7-6-12(17)8-18-15/h2-8,10H,9H2,1H3,(H,19,20). The van der Waals surface area contributed by atoms with Crippen LogP contribution < -0.4 is 4.74 Å². The number of carboxylic acid groups (broad SMARTS) is 1. The Balaban J connectivity index is 2.23. The van der Waals surface area contributed by atoms with E-state index in [2.05, 4.69) is 20.9 Å². The van der Waals surface area contributed by atoms with E-state index in [1.165, 1.54) is 13.4 Å². The van der Waals surface area contributed by atoms with E-state index >= 15 is 0 Å². The maximum atomic E-state index is 11.3. The van der Waals surface area contributed by atoms with Crippen LogP contribution in [0.3, 0.4) is 0 Å². The molecule has 5 nitrogen and oxygen atoms in total. The van der Waals surface area contributed by atoms with Gasteiger partial charge in [-0.25, -0.2) is 9.78 Å². The molecular formula is C16H14BrNO4. The molecule has 22 heavy (non-hydrogen) atoms. The summed E-state index contributed by atoms with van der Waals surface area (Å²) in [5.74, 6) is -0.596. The molecule has 6 heteroatoms. The van der Waals surface area contributed by atoms with Crippen molar-refractivity contribution >= 4 is 27.5 Å². The predicted octanol–water partition coefficient (Wildman–Crippen LogP) is 3.50. The third kappa shape index (κ3) is 4.08. The quantitative estimate of drug-likeness (QED) is 0.628. The summed E-state index contributed by atoms with van der Waals surface area (Å²) in [5, 5.41) is 9.29. The van der Waals surface area contributed by atoms with Crippen LogP contribution in [0.25, 0.3) is 5.57 Å². The molecule has 0 aliphatic carbocycles. The second kappa shape index (κ2) is 7.61. The van der Waals surface area contributed by atoms with Gasteiger partial charge in [0.1, 0.15) is 12.2 Å². The third-order valence-electron chi connectivity index (χ3n) is 2.85. The molecule has 2 rings (SSSR count). The van der Waals surface area contributed by atoms with Crippen LogP contribution in [0.2, 0.25) is 0 Å². The number of rotatable bonds is 6. The lowest BCUT2D eigenvalue weighted by atomic mass is 10.0. The highest BCUT2D eigenvalue weighted by molar-refractivity contribution is 9.10. The lowest BCUT2D eigenvalue weighted by molar-refractivity contribution is -0.130. The minimum Gasteiger partial charge on any atom is -0.503 e. The molecule has 0 atom stereocenters. The molecule has 114 valence electrons. The zero-order chi connectivity index (χ0) is 15.9. The number of carboxylic acids is 1. The molecule has 1 heterocycles. The van der Waals surface area contributed by atoms with Gasteiger partial charge in [-0.2, -0.15) is 0 Å². The zero-order valence-corrected chi connectivity index (χ0v) is 13.4. The highest BCUT2D eigenvalue weighted by Gasteiger charge is 2.15. The summed E-state index contributed by atoms with van der Waals surface area (Å²) in [5.41, 5.74) is 1.36. The minimum absolute atomic E-state index is 0.0745. The first kappa shape index (κ1) is 16.0. The second-order valence-electron chi connectivity index (χ2n) is 4.33. The molecule has 0 bridgehead atoms. The Morgan fingerprint density at radius 1 is 1.32 bits per heavy atom. The van der Waals surface area contributed by atoms with Crippen molar-refractivity contribution in [2.45, 2.75) is 6.61 Å². The van der Waals surface area contributed by atoms with Crippen LogP contribution in [-0.2, 0) is 16.1 Å². The fraction of sp³-hybridized carbons (Fsp3) is 0.125. The summed E-state index contributed by atoms with van der Waals surface area (Å²) in [4.78, 5) is 15.5. The van der Waals surface area contributed by atoms with E-state index in [1.54, 1.807) is 30.5 Å². The van der Waals surface area contributed by atoms with Crippen molar-refractivity contribution in [3.05, 3.63) is 64.5 Å². The number of benzene rings is 1. The first-order valence-corrected chi connectivity index (χ1v) is 7.20. The maximum absolute atomic E-state index is 11.3. The Morgan fingerprint density at radius 3 is 2.73 bits per heavy atom. The van der Waals surface area contributed by atoms with Crippen molar-refractivity contribution in [1.29, 1.82) is 0 Å². The fourth-order valence-electron chi connectivity index (χ4n) is 1.86. The molecule has 0 radical (unpaired) electrons. The normalized spacial score (nSPS) is 11.1. The van der Waals surface area contributed by atoms with E-state index in [0.717, 1.165) is 10.0 Å². The minimum atomic E-state index is -1.06. The summed E-state index contributed by atoms with van der Waals surface area (Å²) >= 11 is 3.30. The molecule has 1 N–H and O–H groups in total. The third-order valence-corrected chi connectivity index (χ3v) is 3.32. The van der Waals surface area contributed by atoms with Gasteiger partial charge >= 0.3 is 5.97 Å². The lowest BCUT2D eigenvalue weighted by Gasteiger charge is -2.11. The second-order valence-corrected chi connectivity index (χ2v) is 5.25. The molecule has 2 aromatic rings. The largest absolute Gasteiger partial charge is 0.503 e. The summed E-state index contributed by atoms with van der Waals surface area (Å²) in [6.07, 6.45) is 2.84. The van der Waals surface area contributed by atoms with E-state index in [9.17, 15) is 9.90 Å². The van der Waals surface area contributed by atoms with Gasteiger partial charge in [-0.3, -0.25) is 0 Å². The van der Waals surface area contributed by atoms with Crippen LogP contribution in [0, 0.1) is 0 Å². The first-order chi connectivity index (χ1) is 10.6. The SMILES string of the molecule is COC=C(C(=O)O)c1ccccc1COc1ccc(Br)cn1. The average molecular weight is 364 g/mol. The van der Waals surface area contributed by atoms with E-state index in [4.69, 9.17) is 9.47 Å². The van der Waals surface area contributed by atoms with Gasteiger partial charge < -0.3 is 14.6 Å². The van der Waals surface area contributed by atoms with Crippen molar-refractivity contribution in [3.63, 3.8) is 0 Å². The highest BCUT2D eigenvalue weighted by atomic mass is 79.9. The Labute approximate surface area is 136 Å². The van der Waals surface area contributed by atoms with Crippen LogP contribution in [0.1, 0.15) is 11.1 Å². The molecule has 0 unspecified atom stereocenters. The van der Waals surface area contributed by atoms with Crippen LogP contribution in [0.4, 0.5) is 0 Å². The van der Waals surface area contributed by atoms with Gasteiger partial charge in [0.2, 0.25) is 5.88 Å². The summed E-state index contributed by atoms with van der Waals surface area (Å²) in [6, 6.07) is 10.7. The number of pyridine rings is 1. The monoisotopic (exact) mass is 363 g/mol. The van der Waals surface area contributed by atoms with Gasteiger partial charge in [-0.15, -0.1) is 0 Å². The molecular weight excluding hydrogens is 350 g/mol. The molecule has 0 aliphatic heterocycles. The van der Waals surface area contributed by atoms with Crippen LogP contribution in [0.5, 0.6) is 5.88 Å². The number of ether oxygens (including phenoxy) is 2. The number of halogens is 1. The average Bonchev–Trinajstić information content (AvgIpc) is 2.52. The van der Waals surface area contributed by atoms with E-state index in [0.29, 0.717) is 11.4 Å². The number of nitrogens with zero attached hydrogens (tertiary/aromatic N) is 1. The van der Waals surface area contributed by atoms with Crippen molar-refractivity contribution in [3.8, 4) is 5.88 Å². The van der Waals surface area contributed by atoms with E-state index in [1.807, 2.05) is 12.1 Å². The maximum Gasteiger partial charge on any atom is 0.339 e. The van der Waals surface area contributed by atoms with E-state index in [-0.39, 0.29) is 12.2 Å². The molecule has 0 amide bonds. The molecule has 0 spiro atoms. The fourth-order valence-corrected chi connectivity index (χ4v) is 2.09. The molecule has 1 aromatic heterocycles. The van der Waals surface area contributed by atoms with Gasteiger partial charge in [0.25, 0.3) is 0 Å². The van der Waals surface area contributed by atoms with Crippen LogP contribution in [-0.4, -0.2) is 23.2 Å². The highest BCUT2D eigenvalue weighted by Crippen LogP contribution is 2.21.